The summed E-state index contributed by atoms with van der Waals surface area (Å²) in [6, 6.07) is 0. The van der Waals surface area contributed by atoms with Gasteiger partial charge in [0.2, 0.25) is 0 Å². The summed E-state index contributed by atoms with van der Waals surface area (Å²) in [7, 11) is 4.41. The molecule has 2 N–H and O–H groups in total. The molecule has 3 atom stereocenters. The van der Waals surface area contributed by atoms with Gasteiger partial charge < -0.3 is 25.0 Å². The highest BCUT2D eigenvalue weighted by Gasteiger charge is 2.36. The zero-order chi connectivity index (χ0) is 18.8. The summed E-state index contributed by atoms with van der Waals surface area (Å²) >= 11 is 0. The van der Waals surface area contributed by atoms with Crippen molar-refractivity contribution >= 4 is 5.96 Å². The van der Waals surface area contributed by atoms with Crippen molar-refractivity contribution in [2.45, 2.75) is 64.0 Å². The Kier molecular flexibility index (Phi) is 9.16. The molecule has 1 aliphatic carbocycles. The minimum atomic E-state index is 0.200. The molecule has 0 amide bonds. The third-order valence-corrected chi connectivity index (χ3v) is 5.75. The van der Waals surface area contributed by atoms with Gasteiger partial charge in [-0.25, -0.2) is 0 Å². The molecule has 0 aromatic carbocycles. The maximum absolute atomic E-state index is 5.83. The maximum Gasteiger partial charge on any atom is 0.191 e. The highest BCUT2D eigenvalue weighted by molar-refractivity contribution is 5.79. The van der Waals surface area contributed by atoms with E-state index >= 15 is 0 Å². The van der Waals surface area contributed by atoms with Crippen LogP contribution >= 0.6 is 0 Å². The van der Waals surface area contributed by atoms with Crippen molar-refractivity contribution in [3.8, 4) is 0 Å². The van der Waals surface area contributed by atoms with Gasteiger partial charge in [0.1, 0.15) is 0 Å². The minimum Gasteiger partial charge on any atom is -0.379 e. The number of ether oxygens (including phenoxy) is 2. The smallest absolute Gasteiger partial charge is 0.191 e. The Labute approximate surface area is 160 Å². The third-order valence-electron chi connectivity index (χ3n) is 5.75. The second-order valence-corrected chi connectivity index (χ2v) is 8.15. The molecule has 26 heavy (non-hydrogen) atoms. The number of rotatable bonds is 9. The summed E-state index contributed by atoms with van der Waals surface area (Å²) in [4.78, 5) is 7.33. The average molecular weight is 369 g/mol. The van der Waals surface area contributed by atoms with Crippen LogP contribution in [0.5, 0.6) is 0 Å². The average Bonchev–Trinajstić information content (AvgIpc) is 3.12. The largest absolute Gasteiger partial charge is 0.379 e. The monoisotopic (exact) mass is 368 g/mol. The second kappa shape index (κ2) is 11.1. The standard InChI is InChI=1S/C20H40N4O2/c1-5-21-19(22-11-7-12-26-18-9-13-25-15-18)23-16-20(24(3)4)10-6-8-17(2)14-20/h17-18H,5-16H2,1-4H3,(H2,21,22,23). The Bertz CT molecular complexity index is 424. The van der Waals surface area contributed by atoms with Gasteiger partial charge in [0.25, 0.3) is 0 Å². The van der Waals surface area contributed by atoms with E-state index < -0.39 is 0 Å². The molecule has 0 radical (unpaired) electrons. The van der Waals surface area contributed by atoms with Gasteiger partial charge in [-0.05, 0) is 52.6 Å². The number of aliphatic imine (C=N–C) groups is 1. The Balaban J connectivity index is 1.78. The molecule has 152 valence electrons. The molecule has 0 aromatic rings. The summed E-state index contributed by atoms with van der Waals surface area (Å²) < 4.78 is 11.2. The highest BCUT2D eigenvalue weighted by atomic mass is 16.5. The van der Waals surface area contributed by atoms with Gasteiger partial charge in [-0.15, -0.1) is 0 Å². The van der Waals surface area contributed by atoms with Crippen molar-refractivity contribution in [1.29, 1.82) is 0 Å². The van der Waals surface area contributed by atoms with E-state index in [9.17, 15) is 0 Å². The lowest BCUT2D eigenvalue weighted by Gasteiger charge is -2.44. The molecule has 1 aliphatic heterocycles. The van der Waals surface area contributed by atoms with E-state index in [1.54, 1.807) is 0 Å². The van der Waals surface area contributed by atoms with E-state index in [2.05, 4.69) is 43.5 Å². The number of likely N-dealkylation sites (N-methyl/N-ethyl adjacent to an activating group) is 1. The first kappa shape index (κ1) is 21.5. The molecule has 3 unspecified atom stereocenters. The Hall–Kier alpha value is -0.850. The van der Waals surface area contributed by atoms with Gasteiger partial charge in [0.05, 0.1) is 19.3 Å². The summed E-state index contributed by atoms with van der Waals surface area (Å²) in [5.41, 5.74) is 0.200. The lowest BCUT2D eigenvalue weighted by molar-refractivity contribution is 0.0419. The summed E-state index contributed by atoms with van der Waals surface area (Å²) in [6.45, 7) is 9.48. The second-order valence-electron chi connectivity index (χ2n) is 8.15. The van der Waals surface area contributed by atoms with Crippen molar-refractivity contribution in [3.05, 3.63) is 0 Å². The first-order valence-corrected chi connectivity index (χ1v) is 10.4. The molecule has 2 fully saturated rings. The van der Waals surface area contributed by atoms with Gasteiger partial charge in [-0.1, -0.05) is 19.8 Å². The quantitative estimate of drug-likeness (QED) is 0.371. The van der Waals surface area contributed by atoms with Gasteiger partial charge in [-0.2, -0.15) is 0 Å². The van der Waals surface area contributed by atoms with Crippen LogP contribution in [0.15, 0.2) is 4.99 Å². The predicted octanol–water partition coefficient (Wildman–Crippen LogP) is 2.25. The van der Waals surface area contributed by atoms with Crippen LogP contribution in [0.1, 0.15) is 52.4 Å². The number of nitrogens with one attached hydrogen (secondary N) is 2. The van der Waals surface area contributed by atoms with Crippen LogP contribution in [-0.2, 0) is 9.47 Å². The lowest BCUT2D eigenvalue weighted by atomic mass is 9.75. The molecule has 0 bridgehead atoms. The highest BCUT2D eigenvalue weighted by Crippen LogP contribution is 2.35. The maximum atomic E-state index is 5.83. The van der Waals surface area contributed by atoms with Crippen LogP contribution in [0, 0.1) is 5.92 Å². The summed E-state index contributed by atoms with van der Waals surface area (Å²) in [5, 5.41) is 6.84. The fraction of sp³-hybridized carbons (Fsp3) is 0.950. The number of hydrogen-bond acceptors (Lipinski definition) is 4. The SMILES string of the molecule is CCNC(=NCC1(N(C)C)CCCC(C)C1)NCCCOC1CCOC1. The molecule has 1 saturated heterocycles. The van der Waals surface area contributed by atoms with Crippen molar-refractivity contribution < 1.29 is 9.47 Å². The van der Waals surface area contributed by atoms with E-state index in [0.717, 1.165) is 64.2 Å². The molecular weight excluding hydrogens is 328 g/mol. The Morgan fingerprint density at radius 3 is 2.81 bits per heavy atom. The van der Waals surface area contributed by atoms with E-state index in [0.29, 0.717) is 6.10 Å². The van der Waals surface area contributed by atoms with Gasteiger partial charge >= 0.3 is 0 Å². The molecule has 2 aliphatic rings. The Morgan fingerprint density at radius 1 is 1.31 bits per heavy atom. The van der Waals surface area contributed by atoms with Crippen molar-refractivity contribution in [3.63, 3.8) is 0 Å². The van der Waals surface area contributed by atoms with Gasteiger partial charge in [-0.3, -0.25) is 4.99 Å². The topological polar surface area (TPSA) is 58.1 Å². The van der Waals surface area contributed by atoms with Crippen LogP contribution in [0.2, 0.25) is 0 Å². The molecule has 2 rings (SSSR count). The molecule has 0 spiro atoms. The van der Waals surface area contributed by atoms with Crippen molar-refractivity contribution in [2.24, 2.45) is 10.9 Å². The first-order valence-electron chi connectivity index (χ1n) is 10.4. The summed E-state index contributed by atoms with van der Waals surface area (Å²) in [6.07, 6.45) is 7.44. The van der Waals surface area contributed by atoms with Crippen molar-refractivity contribution in [1.82, 2.24) is 15.5 Å². The molecule has 1 saturated carbocycles. The summed E-state index contributed by atoms with van der Waals surface area (Å²) in [5.74, 6) is 1.71. The molecular formula is C20H40N4O2. The van der Waals surface area contributed by atoms with E-state index in [-0.39, 0.29) is 5.54 Å². The number of nitrogens with zero attached hydrogens (tertiary/aromatic N) is 2. The fourth-order valence-electron chi connectivity index (χ4n) is 4.06. The molecule has 1 heterocycles. The predicted molar refractivity (Wildman–Crippen MR) is 108 cm³/mol. The molecule has 0 aromatic heterocycles. The van der Waals surface area contributed by atoms with E-state index in [1.165, 1.54) is 25.7 Å². The first-order chi connectivity index (χ1) is 12.6. The number of hydrogen-bond donors (Lipinski definition) is 2. The zero-order valence-electron chi connectivity index (χ0n) is 17.4. The zero-order valence-corrected chi connectivity index (χ0v) is 17.4. The lowest BCUT2D eigenvalue weighted by Crippen LogP contribution is -2.51. The van der Waals surface area contributed by atoms with Crippen LogP contribution in [0.3, 0.4) is 0 Å². The Morgan fingerprint density at radius 2 is 2.15 bits per heavy atom. The van der Waals surface area contributed by atoms with Crippen LogP contribution < -0.4 is 10.6 Å². The van der Waals surface area contributed by atoms with E-state index in [1.807, 2.05) is 0 Å². The fourth-order valence-corrected chi connectivity index (χ4v) is 4.06. The van der Waals surface area contributed by atoms with E-state index in [4.69, 9.17) is 14.5 Å². The molecule has 6 nitrogen and oxygen atoms in total. The van der Waals surface area contributed by atoms with Gasteiger partial charge in [0.15, 0.2) is 5.96 Å². The molecule has 6 heteroatoms. The van der Waals surface area contributed by atoms with Gasteiger partial charge in [0, 0.05) is 31.8 Å². The normalized spacial score (nSPS) is 30.0. The van der Waals surface area contributed by atoms with Crippen molar-refractivity contribution in [2.75, 3.05) is 53.6 Å². The minimum absolute atomic E-state index is 0.200. The third kappa shape index (κ3) is 6.71. The van der Waals surface area contributed by atoms with Crippen LogP contribution in [0.4, 0.5) is 0 Å². The van der Waals surface area contributed by atoms with Crippen LogP contribution in [0.25, 0.3) is 0 Å². The number of guanidine groups is 1. The van der Waals surface area contributed by atoms with Crippen LogP contribution in [-0.4, -0.2) is 76.1 Å².